The number of carbonyl (C=O) groups excluding carboxylic acids is 1. The van der Waals surface area contributed by atoms with E-state index in [1.807, 2.05) is 31.2 Å². The molecule has 22 heavy (non-hydrogen) atoms. The van der Waals surface area contributed by atoms with E-state index in [2.05, 4.69) is 6.92 Å². The molecule has 1 heterocycles. The molecule has 1 aromatic rings. The second kappa shape index (κ2) is 9.09. The van der Waals surface area contributed by atoms with Crippen LogP contribution in [0.5, 0.6) is 0 Å². The highest BCUT2D eigenvalue weighted by Gasteiger charge is 2.24. The summed E-state index contributed by atoms with van der Waals surface area (Å²) in [5, 5.41) is 0. The number of unbranched alkanes of at least 4 members (excludes halogenated alkanes) is 3. The van der Waals surface area contributed by atoms with Crippen molar-refractivity contribution in [3.05, 3.63) is 35.4 Å². The highest BCUT2D eigenvalue weighted by molar-refractivity contribution is 5.96. The number of Topliss-reactive ketones (excluding diaryl/α,β-unsaturated/α-hetero) is 1. The first-order chi connectivity index (χ1) is 10.7. The Hall–Kier alpha value is -1.15. The summed E-state index contributed by atoms with van der Waals surface area (Å²) in [4.78, 5) is 12.4. The van der Waals surface area contributed by atoms with E-state index in [9.17, 15) is 4.79 Å². The van der Waals surface area contributed by atoms with Crippen LogP contribution < -0.4 is 0 Å². The van der Waals surface area contributed by atoms with Crippen LogP contribution in [0.1, 0.15) is 80.6 Å². The fraction of sp³-hybridized carbons (Fsp3) is 0.650. The van der Waals surface area contributed by atoms with Gasteiger partial charge in [-0.2, -0.15) is 0 Å². The van der Waals surface area contributed by atoms with Gasteiger partial charge in [0.1, 0.15) is 0 Å². The Morgan fingerprint density at radius 1 is 1.09 bits per heavy atom. The lowest BCUT2D eigenvalue weighted by molar-refractivity contribution is -0.0531. The van der Waals surface area contributed by atoms with E-state index in [1.54, 1.807) is 0 Å². The zero-order valence-electron chi connectivity index (χ0n) is 14.1. The number of aryl methyl sites for hydroxylation is 1. The molecule has 1 aliphatic heterocycles. The summed E-state index contributed by atoms with van der Waals surface area (Å²) in [6.45, 7) is 4.28. The normalized spacial score (nSPS) is 21.7. The van der Waals surface area contributed by atoms with Crippen molar-refractivity contribution in [2.45, 2.75) is 83.8 Å². The third kappa shape index (κ3) is 5.57. The molecule has 122 valence electrons. The van der Waals surface area contributed by atoms with Crippen molar-refractivity contribution in [2.75, 3.05) is 0 Å². The maximum Gasteiger partial charge on any atom is 0.165 e. The van der Waals surface area contributed by atoms with Gasteiger partial charge in [0.2, 0.25) is 0 Å². The smallest absolute Gasteiger partial charge is 0.165 e. The van der Waals surface area contributed by atoms with Gasteiger partial charge in [-0.3, -0.25) is 4.79 Å². The van der Waals surface area contributed by atoms with Gasteiger partial charge in [-0.15, -0.1) is 0 Å². The Morgan fingerprint density at radius 2 is 1.82 bits per heavy atom. The lowest BCUT2D eigenvalue weighted by Gasteiger charge is -2.30. The van der Waals surface area contributed by atoms with Gasteiger partial charge in [0.25, 0.3) is 0 Å². The van der Waals surface area contributed by atoms with Crippen LogP contribution in [0.4, 0.5) is 0 Å². The first-order valence-electron chi connectivity index (χ1n) is 8.94. The SMILES string of the molecule is CCCCCC[C@@H]1CCC[C@@H](CC(=O)c2ccc(C)cc2)O1. The first-order valence-corrected chi connectivity index (χ1v) is 8.94. The molecule has 0 unspecified atom stereocenters. The Bertz CT molecular complexity index is 449. The minimum atomic E-state index is 0.124. The van der Waals surface area contributed by atoms with E-state index in [1.165, 1.54) is 44.1 Å². The second-order valence-corrected chi connectivity index (χ2v) is 6.65. The van der Waals surface area contributed by atoms with E-state index in [4.69, 9.17) is 4.74 Å². The van der Waals surface area contributed by atoms with Gasteiger partial charge in [0.15, 0.2) is 5.78 Å². The minimum absolute atomic E-state index is 0.124. The van der Waals surface area contributed by atoms with E-state index in [-0.39, 0.29) is 11.9 Å². The number of carbonyl (C=O) groups is 1. The number of hydrogen-bond donors (Lipinski definition) is 0. The summed E-state index contributed by atoms with van der Waals surface area (Å²) >= 11 is 0. The molecule has 0 aliphatic carbocycles. The van der Waals surface area contributed by atoms with Crippen molar-refractivity contribution in [3.63, 3.8) is 0 Å². The van der Waals surface area contributed by atoms with Gasteiger partial charge in [0.05, 0.1) is 12.2 Å². The zero-order valence-corrected chi connectivity index (χ0v) is 14.1. The topological polar surface area (TPSA) is 26.3 Å². The molecule has 2 atom stereocenters. The monoisotopic (exact) mass is 302 g/mol. The highest BCUT2D eigenvalue weighted by atomic mass is 16.5. The van der Waals surface area contributed by atoms with Crippen molar-refractivity contribution in [3.8, 4) is 0 Å². The largest absolute Gasteiger partial charge is 0.375 e. The molecular formula is C20H30O2. The predicted octanol–water partition coefficient (Wildman–Crippen LogP) is 5.48. The van der Waals surface area contributed by atoms with Crippen molar-refractivity contribution < 1.29 is 9.53 Å². The lowest BCUT2D eigenvalue weighted by atomic mass is 9.95. The fourth-order valence-corrected chi connectivity index (χ4v) is 3.21. The van der Waals surface area contributed by atoms with Gasteiger partial charge >= 0.3 is 0 Å². The molecule has 0 bridgehead atoms. The minimum Gasteiger partial charge on any atom is -0.375 e. The fourth-order valence-electron chi connectivity index (χ4n) is 3.21. The molecule has 0 saturated carbocycles. The third-order valence-electron chi connectivity index (χ3n) is 4.60. The van der Waals surface area contributed by atoms with Gasteiger partial charge in [0, 0.05) is 12.0 Å². The number of hydrogen-bond acceptors (Lipinski definition) is 2. The molecule has 0 radical (unpaired) electrons. The molecule has 2 nitrogen and oxygen atoms in total. The Balaban J connectivity index is 1.77. The lowest BCUT2D eigenvalue weighted by Crippen LogP contribution is -2.29. The van der Waals surface area contributed by atoms with Crippen molar-refractivity contribution in [1.29, 1.82) is 0 Å². The highest BCUT2D eigenvalue weighted by Crippen LogP contribution is 2.26. The van der Waals surface area contributed by atoms with Crippen LogP contribution in [0.3, 0.4) is 0 Å². The number of benzene rings is 1. The van der Waals surface area contributed by atoms with Crippen LogP contribution in [0, 0.1) is 6.92 Å². The van der Waals surface area contributed by atoms with Gasteiger partial charge < -0.3 is 4.74 Å². The van der Waals surface area contributed by atoms with Gasteiger partial charge in [-0.1, -0.05) is 62.4 Å². The van der Waals surface area contributed by atoms with E-state index in [0.717, 1.165) is 18.4 Å². The molecule has 0 aromatic heterocycles. The van der Waals surface area contributed by atoms with Crippen LogP contribution >= 0.6 is 0 Å². The molecule has 0 amide bonds. The summed E-state index contributed by atoms with van der Waals surface area (Å²) in [7, 11) is 0. The van der Waals surface area contributed by atoms with Crippen LogP contribution in [0.15, 0.2) is 24.3 Å². The quantitative estimate of drug-likeness (QED) is 0.470. The summed E-state index contributed by atoms with van der Waals surface area (Å²) in [6, 6.07) is 7.88. The third-order valence-corrected chi connectivity index (χ3v) is 4.60. The summed E-state index contributed by atoms with van der Waals surface area (Å²) in [5.74, 6) is 0.219. The summed E-state index contributed by atoms with van der Waals surface area (Å²) < 4.78 is 6.16. The molecule has 1 fully saturated rings. The number of ether oxygens (including phenoxy) is 1. The Kier molecular flexibility index (Phi) is 7.11. The second-order valence-electron chi connectivity index (χ2n) is 6.65. The molecule has 1 aliphatic rings. The van der Waals surface area contributed by atoms with Gasteiger partial charge in [-0.05, 0) is 32.6 Å². The maximum atomic E-state index is 12.4. The molecule has 2 heteroatoms. The van der Waals surface area contributed by atoms with Crippen LogP contribution in [-0.2, 0) is 4.74 Å². The molecular weight excluding hydrogens is 272 g/mol. The summed E-state index contributed by atoms with van der Waals surface area (Å²) in [5.41, 5.74) is 2.01. The average molecular weight is 302 g/mol. The van der Waals surface area contributed by atoms with Crippen LogP contribution in [0.2, 0.25) is 0 Å². The molecule has 2 rings (SSSR count). The molecule has 0 spiro atoms. The summed E-state index contributed by atoms with van der Waals surface area (Å²) in [6.07, 6.45) is 10.8. The molecule has 1 saturated heterocycles. The van der Waals surface area contributed by atoms with Crippen LogP contribution in [-0.4, -0.2) is 18.0 Å². The molecule has 0 N–H and O–H groups in total. The standard InChI is InChI=1S/C20H30O2/c1-3-4-5-6-8-18-9-7-10-19(22-18)15-20(21)17-13-11-16(2)12-14-17/h11-14,18-19H,3-10,15H2,1-2H3/t18-,19+/m1/s1. The first kappa shape index (κ1) is 17.2. The number of ketones is 1. The van der Waals surface area contributed by atoms with Crippen molar-refractivity contribution in [1.82, 2.24) is 0 Å². The Morgan fingerprint density at radius 3 is 2.55 bits per heavy atom. The van der Waals surface area contributed by atoms with Crippen LogP contribution in [0.25, 0.3) is 0 Å². The number of rotatable bonds is 8. The average Bonchev–Trinajstić information content (AvgIpc) is 2.52. The predicted molar refractivity (Wildman–Crippen MR) is 91.4 cm³/mol. The van der Waals surface area contributed by atoms with Crippen molar-refractivity contribution in [2.24, 2.45) is 0 Å². The van der Waals surface area contributed by atoms with E-state index >= 15 is 0 Å². The maximum absolute atomic E-state index is 12.4. The zero-order chi connectivity index (χ0) is 15.8. The molecule has 1 aromatic carbocycles. The van der Waals surface area contributed by atoms with E-state index in [0.29, 0.717) is 12.5 Å². The van der Waals surface area contributed by atoms with Crippen molar-refractivity contribution >= 4 is 5.78 Å². The van der Waals surface area contributed by atoms with Gasteiger partial charge in [-0.25, -0.2) is 0 Å². The van der Waals surface area contributed by atoms with E-state index < -0.39 is 0 Å². The Labute approximate surface area is 135 Å².